The fourth-order valence-corrected chi connectivity index (χ4v) is 1.95. The molecular weight excluding hydrogens is 240 g/mol. The Bertz CT molecular complexity index is 497. The number of benzene rings is 1. The minimum atomic E-state index is -0.372. The molecule has 0 aliphatic heterocycles. The lowest BCUT2D eigenvalue weighted by Gasteiger charge is -2.16. The van der Waals surface area contributed by atoms with Crippen LogP contribution in [0.15, 0.2) is 34.9 Å². The summed E-state index contributed by atoms with van der Waals surface area (Å²) in [6.45, 7) is 5.96. The molecule has 2 N–H and O–H groups in total. The lowest BCUT2D eigenvalue weighted by atomic mass is 10.1. The van der Waals surface area contributed by atoms with Gasteiger partial charge in [0.2, 0.25) is 5.89 Å². The molecular formula is C14H20N4O. The number of anilines is 1. The van der Waals surface area contributed by atoms with Crippen molar-refractivity contribution in [1.82, 2.24) is 10.1 Å². The first kappa shape index (κ1) is 13.5. The van der Waals surface area contributed by atoms with E-state index in [1.54, 1.807) is 0 Å². The molecule has 1 heterocycles. The third-order valence-corrected chi connectivity index (χ3v) is 3.01. The third kappa shape index (κ3) is 3.12. The Hall–Kier alpha value is -1.88. The van der Waals surface area contributed by atoms with E-state index in [-0.39, 0.29) is 6.04 Å². The van der Waals surface area contributed by atoms with Crippen molar-refractivity contribution in [3.63, 3.8) is 0 Å². The van der Waals surface area contributed by atoms with Crippen LogP contribution in [-0.2, 0) is 0 Å². The van der Waals surface area contributed by atoms with Gasteiger partial charge in [0.15, 0.2) is 0 Å². The van der Waals surface area contributed by atoms with Crippen molar-refractivity contribution in [3.8, 4) is 0 Å². The predicted molar refractivity (Wildman–Crippen MR) is 74.9 cm³/mol. The summed E-state index contributed by atoms with van der Waals surface area (Å²) in [5.74, 6) is 1.07. The van der Waals surface area contributed by atoms with Gasteiger partial charge in [-0.05, 0) is 24.1 Å². The van der Waals surface area contributed by atoms with Crippen LogP contribution >= 0.6 is 0 Å². The highest BCUT2D eigenvalue weighted by Gasteiger charge is 2.18. The van der Waals surface area contributed by atoms with E-state index in [0.29, 0.717) is 11.8 Å². The molecule has 1 atom stereocenters. The smallest absolute Gasteiger partial charge is 0.266 e. The Morgan fingerprint density at radius 3 is 2.63 bits per heavy atom. The lowest BCUT2D eigenvalue weighted by Crippen LogP contribution is -2.24. The Balaban J connectivity index is 2.16. The van der Waals surface area contributed by atoms with Crippen LogP contribution in [0, 0.1) is 0 Å². The van der Waals surface area contributed by atoms with Gasteiger partial charge in [0.1, 0.15) is 6.04 Å². The molecule has 0 aliphatic carbocycles. The van der Waals surface area contributed by atoms with Crippen LogP contribution in [0.2, 0.25) is 0 Å². The van der Waals surface area contributed by atoms with Crippen LogP contribution < -0.4 is 10.6 Å². The van der Waals surface area contributed by atoms with Crippen molar-refractivity contribution >= 4 is 5.95 Å². The van der Waals surface area contributed by atoms with Gasteiger partial charge in [-0.3, -0.25) is 0 Å². The first-order valence-electron chi connectivity index (χ1n) is 6.65. The van der Waals surface area contributed by atoms with Crippen molar-refractivity contribution in [2.45, 2.75) is 26.3 Å². The summed E-state index contributed by atoms with van der Waals surface area (Å²) in [6, 6.07) is 9.39. The van der Waals surface area contributed by atoms with Gasteiger partial charge in [0.25, 0.3) is 5.95 Å². The summed E-state index contributed by atoms with van der Waals surface area (Å²) in [4.78, 5) is 6.47. The molecule has 0 aliphatic rings. The highest BCUT2D eigenvalue weighted by Crippen LogP contribution is 2.20. The van der Waals surface area contributed by atoms with Crippen molar-refractivity contribution < 1.29 is 4.52 Å². The average molecular weight is 260 g/mol. The molecule has 0 unspecified atom stereocenters. The molecule has 2 rings (SSSR count). The molecule has 0 fully saturated rings. The Kier molecular flexibility index (Phi) is 4.52. The standard InChI is InChI=1S/C14H20N4O/c1-3-10-18(4-2)14-16-13(19-17-14)12(15)11-8-6-5-7-9-11/h5-9,12H,3-4,10,15H2,1-2H3/t12-/m0/s1. The minimum Gasteiger partial charge on any atom is -0.338 e. The molecule has 2 aromatic rings. The van der Waals surface area contributed by atoms with Gasteiger partial charge < -0.3 is 15.2 Å². The van der Waals surface area contributed by atoms with Crippen LogP contribution in [-0.4, -0.2) is 23.2 Å². The summed E-state index contributed by atoms with van der Waals surface area (Å²) in [5, 5.41) is 4.01. The zero-order chi connectivity index (χ0) is 13.7. The molecule has 5 heteroatoms. The van der Waals surface area contributed by atoms with Crippen LogP contribution in [0.3, 0.4) is 0 Å². The highest BCUT2D eigenvalue weighted by molar-refractivity contribution is 5.30. The second kappa shape index (κ2) is 6.33. The van der Waals surface area contributed by atoms with E-state index in [1.165, 1.54) is 0 Å². The van der Waals surface area contributed by atoms with Gasteiger partial charge >= 0.3 is 0 Å². The van der Waals surface area contributed by atoms with E-state index in [2.05, 4.69) is 28.9 Å². The van der Waals surface area contributed by atoms with Crippen molar-refractivity contribution in [1.29, 1.82) is 0 Å². The molecule has 0 saturated heterocycles. The second-order valence-corrected chi connectivity index (χ2v) is 4.40. The number of nitrogens with zero attached hydrogens (tertiary/aromatic N) is 3. The molecule has 0 bridgehead atoms. The van der Waals surface area contributed by atoms with Crippen molar-refractivity contribution in [3.05, 3.63) is 41.8 Å². The zero-order valence-electron chi connectivity index (χ0n) is 11.4. The maximum Gasteiger partial charge on any atom is 0.266 e. The van der Waals surface area contributed by atoms with E-state index in [0.717, 1.165) is 25.1 Å². The van der Waals surface area contributed by atoms with Gasteiger partial charge in [0, 0.05) is 13.1 Å². The number of nitrogens with two attached hydrogens (primary N) is 1. The fraction of sp³-hybridized carbons (Fsp3) is 0.429. The van der Waals surface area contributed by atoms with Gasteiger partial charge in [-0.15, -0.1) is 0 Å². The SMILES string of the molecule is CCCN(CC)c1noc([C@@H](N)c2ccccc2)n1. The molecule has 1 aromatic heterocycles. The maximum absolute atomic E-state index is 6.13. The molecule has 0 radical (unpaired) electrons. The molecule has 0 spiro atoms. The van der Waals surface area contributed by atoms with Crippen LogP contribution in [0.5, 0.6) is 0 Å². The molecule has 0 amide bonds. The van der Waals surface area contributed by atoms with Gasteiger partial charge in [-0.1, -0.05) is 37.3 Å². The lowest BCUT2D eigenvalue weighted by molar-refractivity contribution is 0.366. The maximum atomic E-state index is 6.13. The molecule has 5 nitrogen and oxygen atoms in total. The van der Waals surface area contributed by atoms with Crippen LogP contribution in [0.25, 0.3) is 0 Å². The zero-order valence-corrected chi connectivity index (χ0v) is 11.4. The topological polar surface area (TPSA) is 68.2 Å². The molecule has 0 saturated carbocycles. The van der Waals surface area contributed by atoms with E-state index >= 15 is 0 Å². The normalized spacial score (nSPS) is 12.4. The number of hydrogen-bond acceptors (Lipinski definition) is 5. The van der Waals surface area contributed by atoms with E-state index < -0.39 is 0 Å². The minimum absolute atomic E-state index is 0.372. The van der Waals surface area contributed by atoms with Gasteiger partial charge in [-0.2, -0.15) is 4.98 Å². The first-order chi connectivity index (χ1) is 9.26. The van der Waals surface area contributed by atoms with Crippen LogP contribution in [0.1, 0.15) is 37.8 Å². The Labute approximate surface area is 113 Å². The largest absolute Gasteiger partial charge is 0.338 e. The number of hydrogen-bond donors (Lipinski definition) is 1. The summed E-state index contributed by atoms with van der Waals surface area (Å²) < 4.78 is 5.28. The summed E-state index contributed by atoms with van der Waals surface area (Å²) in [6.07, 6.45) is 1.04. The van der Waals surface area contributed by atoms with Gasteiger partial charge in [0.05, 0.1) is 0 Å². The number of rotatable bonds is 6. The Morgan fingerprint density at radius 1 is 1.26 bits per heavy atom. The van der Waals surface area contributed by atoms with E-state index in [9.17, 15) is 0 Å². The van der Waals surface area contributed by atoms with E-state index in [4.69, 9.17) is 10.3 Å². The molecule has 1 aromatic carbocycles. The monoisotopic (exact) mass is 260 g/mol. The van der Waals surface area contributed by atoms with Crippen molar-refractivity contribution in [2.24, 2.45) is 5.73 Å². The average Bonchev–Trinajstić information content (AvgIpc) is 2.94. The molecule has 19 heavy (non-hydrogen) atoms. The summed E-state index contributed by atoms with van der Waals surface area (Å²) in [7, 11) is 0. The van der Waals surface area contributed by atoms with Crippen LogP contribution in [0.4, 0.5) is 5.95 Å². The Morgan fingerprint density at radius 2 is 2.00 bits per heavy atom. The summed E-state index contributed by atoms with van der Waals surface area (Å²) >= 11 is 0. The van der Waals surface area contributed by atoms with E-state index in [1.807, 2.05) is 30.3 Å². The highest BCUT2D eigenvalue weighted by atomic mass is 16.5. The first-order valence-corrected chi connectivity index (χ1v) is 6.65. The summed E-state index contributed by atoms with van der Waals surface area (Å²) in [5.41, 5.74) is 7.10. The quantitative estimate of drug-likeness (QED) is 0.863. The van der Waals surface area contributed by atoms with Gasteiger partial charge in [-0.25, -0.2) is 0 Å². The number of aromatic nitrogens is 2. The third-order valence-electron chi connectivity index (χ3n) is 3.01. The second-order valence-electron chi connectivity index (χ2n) is 4.40. The molecule has 102 valence electrons. The fourth-order valence-electron chi connectivity index (χ4n) is 1.95. The predicted octanol–water partition coefficient (Wildman–Crippen LogP) is 2.35. The van der Waals surface area contributed by atoms with Crippen molar-refractivity contribution in [2.75, 3.05) is 18.0 Å².